The highest BCUT2D eigenvalue weighted by Gasteiger charge is 2.21. The zero-order valence-corrected chi connectivity index (χ0v) is 16.3. The Bertz CT molecular complexity index is 1400. The number of halogens is 2. The normalized spacial score (nSPS) is 11.0. The Hall–Kier alpha value is -4.28. The van der Waals surface area contributed by atoms with Gasteiger partial charge in [0.1, 0.15) is 5.52 Å². The Morgan fingerprint density at radius 2 is 1.77 bits per heavy atom. The van der Waals surface area contributed by atoms with Crippen LogP contribution in [-0.4, -0.2) is 39.6 Å². The number of carbonyl (C=O) groups excluding carboxylic acids is 1. The molecule has 3 N–H and O–H groups in total. The van der Waals surface area contributed by atoms with Crippen molar-refractivity contribution in [1.29, 1.82) is 0 Å². The second kappa shape index (κ2) is 7.52. The first-order chi connectivity index (χ1) is 14.8. The van der Waals surface area contributed by atoms with Gasteiger partial charge in [0.2, 0.25) is 0 Å². The van der Waals surface area contributed by atoms with E-state index in [-0.39, 0.29) is 28.2 Å². The molecule has 0 aliphatic rings. The second-order valence-corrected chi connectivity index (χ2v) is 6.39. The molecule has 2 aromatic carbocycles. The van der Waals surface area contributed by atoms with Crippen LogP contribution in [0.2, 0.25) is 0 Å². The van der Waals surface area contributed by atoms with Crippen LogP contribution in [-0.2, 0) is 0 Å². The van der Waals surface area contributed by atoms with E-state index < -0.39 is 23.2 Å². The van der Waals surface area contributed by atoms with E-state index in [1.54, 1.807) is 12.1 Å². The van der Waals surface area contributed by atoms with Crippen molar-refractivity contribution in [3.05, 3.63) is 64.2 Å². The second-order valence-electron chi connectivity index (χ2n) is 6.39. The van der Waals surface area contributed by atoms with E-state index in [1.807, 2.05) is 0 Å². The van der Waals surface area contributed by atoms with Gasteiger partial charge in [-0.3, -0.25) is 4.79 Å². The number of hydrogen-bond donors (Lipinski definition) is 2. The molecule has 9 nitrogen and oxygen atoms in total. The molecular formula is C20H15F2N5O4. The summed E-state index contributed by atoms with van der Waals surface area (Å²) in [7, 11) is 2.91. The van der Waals surface area contributed by atoms with Gasteiger partial charge in [-0.15, -0.1) is 0 Å². The molecule has 0 spiro atoms. The molecule has 0 aliphatic heterocycles. The van der Waals surface area contributed by atoms with Crippen LogP contribution in [0, 0.1) is 11.6 Å². The molecular weight excluding hydrogens is 412 g/mol. The third kappa shape index (κ3) is 3.35. The van der Waals surface area contributed by atoms with Crippen molar-refractivity contribution in [2.24, 2.45) is 5.73 Å². The lowest BCUT2D eigenvalue weighted by Crippen LogP contribution is -2.15. The molecule has 0 radical (unpaired) electrons. The van der Waals surface area contributed by atoms with Crippen molar-refractivity contribution >= 4 is 17.1 Å². The molecule has 0 saturated carbocycles. The Labute approximate surface area is 173 Å². The van der Waals surface area contributed by atoms with Gasteiger partial charge in [0, 0.05) is 11.6 Å². The van der Waals surface area contributed by atoms with Crippen molar-refractivity contribution in [2.45, 2.75) is 0 Å². The van der Waals surface area contributed by atoms with E-state index in [1.165, 1.54) is 30.9 Å². The van der Waals surface area contributed by atoms with E-state index in [4.69, 9.17) is 15.2 Å². The molecule has 11 heteroatoms. The quantitative estimate of drug-likeness (QED) is 0.503. The minimum atomic E-state index is -1.12. The summed E-state index contributed by atoms with van der Waals surface area (Å²) in [5, 5.41) is 0. The lowest BCUT2D eigenvalue weighted by atomic mass is 10.2. The van der Waals surface area contributed by atoms with Crippen LogP contribution in [0.4, 0.5) is 8.78 Å². The number of hydrogen-bond acceptors (Lipinski definition) is 6. The number of aromatic amines is 1. The highest BCUT2D eigenvalue weighted by molar-refractivity contribution is 6.02. The fourth-order valence-corrected chi connectivity index (χ4v) is 3.13. The number of methoxy groups -OCH3 is 2. The molecule has 2 heterocycles. The van der Waals surface area contributed by atoms with Gasteiger partial charge >= 0.3 is 5.69 Å². The molecule has 4 rings (SSSR count). The number of amides is 1. The predicted molar refractivity (Wildman–Crippen MR) is 106 cm³/mol. The van der Waals surface area contributed by atoms with Crippen molar-refractivity contribution in [3.8, 4) is 28.6 Å². The lowest BCUT2D eigenvalue weighted by Gasteiger charge is -2.10. The van der Waals surface area contributed by atoms with E-state index in [9.17, 15) is 18.4 Å². The summed E-state index contributed by atoms with van der Waals surface area (Å²) in [5.41, 5.74) is 4.98. The van der Waals surface area contributed by atoms with Gasteiger partial charge in [-0.2, -0.15) is 0 Å². The van der Waals surface area contributed by atoms with Crippen LogP contribution in [0.15, 0.2) is 41.2 Å². The van der Waals surface area contributed by atoms with Crippen molar-refractivity contribution in [1.82, 2.24) is 19.5 Å². The Morgan fingerprint density at radius 1 is 1.03 bits per heavy atom. The van der Waals surface area contributed by atoms with E-state index in [0.717, 1.165) is 12.1 Å². The van der Waals surface area contributed by atoms with Gasteiger partial charge in [-0.1, -0.05) is 0 Å². The minimum absolute atomic E-state index is 0.00128. The highest BCUT2D eigenvalue weighted by atomic mass is 19.2. The van der Waals surface area contributed by atoms with Gasteiger partial charge in [-0.25, -0.2) is 28.1 Å². The van der Waals surface area contributed by atoms with E-state index in [0.29, 0.717) is 17.2 Å². The number of nitrogens with two attached hydrogens (primary N) is 1. The monoisotopic (exact) mass is 427 g/mol. The van der Waals surface area contributed by atoms with E-state index >= 15 is 0 Å². The Morgan fingerprint density at radius 3 is 2.42 bits per heavy atom. The number of imidazole rings is 1. The molecule has 158 valence electrons. The number of aromatic nitrogens is 4. The molecule has 0 aliphatic carbocycles. The zero-order chi connectivity index (χ0) is 22.3. The molecule has 2 aromatic heterocycles. The number of carbonyl (C=O) groups is 1. The summed E-state index contributed by atoms with van der Waals surface area (Å²) in [6.07, 6.45) is 0. The molecule has 0 saturated heterocycles. The third-order valence-corrected chi connectivity index (χ3v) is 4.57. The number of H-pyrrole nitrogens is 1. The third-order valence-electron chi connectivity index (χ3n) is 4.57. The Balaban J connectivity index is 2.02. The van der Waals surface area contributed by atoms with Gasteiger partial charge in [-0.05, 0) is 30.3 Å². The number of fused-ring (bicyclic) bond motifs is 1. The first-order valence-corrected chi connectivity index (χ1v) is 8.84. The number of ether oxygens (including phenoxy) is 2. The van der Waals surface area contributed by atoms with E-state index in [2.05, 4.69) is 15.0 Å². The number of benzene rings is 2. The summed E-state index contributed by atoms with van der Waals surface area (Å²) in [5.74, 6) is -2.43. The largest absolute Gasteiger partial charge is 0.493 e. The average molecular weight is 427 g/mol. The van der Waals surface area contributed by atoms with Crippen LogP contribution < -0.4 is 20.9 Å². The van der Waals surface area contributed by atoms with Crippen LogP contribution in [0.25, 0.3) is 28.2 Å². The maximum absolute atomic E-state index is 13.7. The smallest absolute Gasteiger partial charge is 0.332 e. The summed E-state index contributed by atoms with van der Waals surface area (Å²) >= 11 is 0. The van der Waals surface area contributed by atoms with Gasteiger partial charge in [0.15, 0.2) is 40.3 Å². The van der Waals surface area contributed by atoms with Crippen molar-refractivity contribution in [3.63, 3.8) is 0 Å². The van der Waals surface area contributed by atoms with Crippen molar-refractivity contribution in [2.75, 3.05) is 14.2 Å². The SMILES string of the molecule is COc1ccc(-n2c(=O)[nH]c3c(C(N)=O)nc(-c4ccc(F)c(F)c4)nc32)cc1OC. The minimum Gasteiger partial charge on any atom is -0.493 e. The average Bonchev–Trinajstić information content (AvgIpc) is 3.09. The maximum atomic E-state index is 13.7. The van der Waals surface area contributed by atoms with Crippen LogP contribution in [0.5, 0.6) is 11.5 Å². The molecule has 0 fully saturated rings. The molecule has 0 unspecified atom stereocenters. The summed E-state index contributed by atoms with van der Waals surface area (Å²) < 4.78 is 38.7. The summed E-state index contributed by atoms with van der Waals surface area (Å²) in [6, 6.07) is 7.74. The lowest BCUT2D eigenvalue weighted by molar-refractivity contribution is 0.0997. The topological polar surface area (TPSA) is 125 Å². The van der Waals surface area contributed by atoms with Crippen LogP contribution in [0.1, 0.15) is 10.5 Å². The summed E-state index contributed by atoms with van der Waals surface area (Å²) in [6.45, 7) is 0. The van der Waals surface area contributed by atoms with Gasteiger partial charge in [0.25, 0.3) is 5.91 Å². The van der Waals surface area contributed by atoms with Crippen LogP contribution in [0.3, 0.4) is 0 Å². The molecule has 4 aromatic rings. The number of primary amides is 1. The molecule has 1 amide bonds. The first kappa shape index (κ1) is 20.0. The number of nitrogens with zero attached hydrogens (tertiary/aromatic N) is 3. The van der Waals surface area contributed by atoms with Crippen molar-refractivity contribution < 1.29 is 23.0 Å². The maximum Gasteiger partial charge on any atom is 0.332 e. The highest BCUT2D eigenvalue weighted by Crippen LogP contribution is 2.30. The van der Waals surface area contributed by atoms with Gasteiger partial charge in [0.05, 0.1) is 19.9 Å². The number of rotatable bonds is 5. The van der Waals surface area contributed by atoms with Gasteiger partial charge < -0.3 is 20.2 Å². The number of nitrogens with one attached hydrogen (secondary N) is 1. The first-order valence-electron chi connectivity index (χ1n) is 8.84. The molecule has 0 bridgehead atoms. The Kier molecular flexibility index (Phi) is 4.85. The zero-order valence-electron chi connectivity index (χ0n) is 16.3. The fraction of sp³-hybridized carbons (Fsp3) is 0.100. The standard InChI is InChI=1S/C20H15F2N5O4/c1-30-13-6-4-10(8-14(13)31-2)27-19-16(25-20(27)29)15(17(23)28)24-18(26-19)9-3-5-11(21)12(22)7-9/h3-8H,1-2H3,(H2,23,28)(H,25,29). The molecule has 0 atom stereocenters. The van der Waals surface area contributed by atoms with Crippen LogP contribution >= 0.6 is 0 Å². The fourth-order valence-electron chi connectivity index (χ4n) is 3.13. The summed E-state index contributed by atoms with van der Waals surface area (Å²) in [4.78, 5) is 35.6. The predicted octanol–water partition coefficient (Wildman–Crippen LogP) is 2.17. The molecule has 31 heavy (non-hydrogen) atoms.